The first kappa shape index (κ1) is 59.5. The van der Waals surface area contributed by atoms with Crippen LogP contribution in [-0.2, 0) is 9.47 Å². The van der Waals surface area contributed by atoms with Crippen LogP contribution in [-0.4, -0.2) is 38.5 Å². The highest BCUT2D eigenvalue weighted by atomic mass is 16.6. The first-order valence-corrected chi connectivity index (χ1v) is 28.0. The molecule has 0 radical (unpaired) electrons. The van der Waals surface area contributed by atoms with Crippen LogP contribution < -0.4 is 10.6 Å². The minimum absolute atomic E-state index is 0.234. The summed E-state index contributed by atoms with van der Waals surface area (Å²) >= 11 is 0. The van der Waals surface area contributed by atoms with Crippen molar-refractivity contribution in [2.75, 3.05) is 26.3 Å². The van der Waals surface area contributed by atoms with Gasteiger partial charge in [0.15, 0.2) is 0 Å². The summed E-state index contributed by atoms with van der Waals surface area (Å²) in [4.78, 5) is 23.9. The molecule has 0 saturated carbocycles. The zero-order chi connectivity index (χ0) is 44.0. The number of amides is 2. The van der Waals surface area contributed by atoms with Gasteiger partial charge < -0.3 is 20.1 Å². The van der Waals surface area contributed by atoms with Crippen LogP contribution in [0.2, 0.25) is 0 Å². The predicted octanol–water partition coefficient (Wildman–Crippen LogP) is 18.8. The van der Waals surface area contributed by atoms with E-state index in [-0.39, 0.29) is 12.2 Å². The van der Waals surface area contributed by atoms with Crippen molar-refractivity contribution in [3.8, 4) is 0 Å². The van der Waals surface area contributed by atoms with E-state index in [0.717, 1.165) is 51.6 Å². The fourth-order valence-corrected chi connectivity index (χ4v) is 8.66. The number of hydrogen-bond donors (Lipinski definition) is 2. The van der Waals surface area contributed by atoms with Gasteiger partial charge >= 0.3 is 12.2 Å². The van der Waals surface area contributed by atoms with Crippen LogP contribution in [0.3, 0.4) is 0 Å². The number of nitrogens with one attached hydrogen (secondary N) is 2. The fraction of sp³-hybridized carbons (Fsp3) is 0.964. The van der Waals surface area contributed by atoms with Crippen molar-refractivity contribution < 1.29 is 19.1 Å². The number of unbranched alkanes of at least 4 members (excludes halogenated alkanes) is 44. The van der Waals surface area contributed by atoms with Gasteiger partial charge in [0.25, 0.3) is 0 Å². The first-order chi connectivity index (χ1) is 30.2. The Morgan fingerprint density at radius 2 is 0.410 bits per heavy atom. The topological polar surface area (TPSA) is 76.7 Å². The Hall–Kier alpha value is -1.46. The molecule has 0 aromatic rings. The Morgan fingerprint density at radius 1 is 0.246 bits per heavy atom. The molecule has 0 aromatic heterocycles. The summed E-state index contributed by atoms with van der Waals surface area (Å²) in [6.07, 6.45) is 62.1. The van der Waals surface area contributed by atoms with Gasteiger partial charge in [0.05, 0.1) is 13.2 Å². The molecule has 0 spiro atoms. The van der Waals surface area contributed by atoms with E-state index in [1.54, 1.807) is 0 Å². The molecule has 364 valence electrons. The molecule has 0 fully saturated rings. The summed E-state index contributed by atoms with van der Waals surface area (Å²) in [6.45, 7) is 7.17. The standard InChI is InChI=1S/C55H110N2O4/c1-3-5-7-9-11-13-15-17-19-22-26-30-34-38-42-46-50-56-54(58)60-52-48-44-40-36-32-28-24-21-25-29-33-37-41-45-49-53-61-55(59)57-51-47-43-39-35-31-27-23-20-18-16-14-12-10-8-6-4-2/h3-53H2,1-2H3,(H,56,58)(H,57,59). The number of carbonyl (C=O) groups excluding carboxylic acids is 2. The minimum atomic E-state index is -0.234. The molecule has 0 rings (SSSR count). The molecule has 0 bridgehead atoms. The number of carbonyl (C=O) groups is 2. The zero-order valence-corrected chi connectivity index (χ0v) is 41.7. The summed E-state index contributed by atoms with van der Waals surface area (Å²) in [6, 6.07) is 0. The minimum Gasteiger partial charge on any atom is -0.450 e. The second-order valence-electron chi connectivity index (χ2n) is 19.0. The molecule has 6 heteroatoms. The lowest BCUT2D eigenvalue weighted by Crippen LogP contribution is -2.25. The monoisotopic (exact) mass is 863 g/mol. The van der Waals surface area contributed by atoms with Gasteiger partial charge in [-0.25, -0.2) is 9.59 Å². The molecule has 0 atom stereocenters. The van der Waals surface area contributed by atoms with Crippen molar-refractivity contribution >= 4 is 12.2 Å². The zero-order valence-electron chi connectivity index (χ0n) is 41.7. The molecule has 0 aromatic carbocycles. The van der Waals surface area contributed by atoms with E-state index in [9.17, 15) is 9.59 Å². The quantitative estimate of drug-likeness (QED) is 0.0597. The van der Waals surface area contributed by atoms with Gasteiger partial charge in [-0.1, -0.05) is 290 Å². The van der Waals surface area contributed by atoms with Crippen LogP contribution in [0.15, 0.2) is 0 Å². The lowest BCUT2D eigenvalue weighted by Gasteiger charge is -2.07. The maximum Gasteiger partial charge on any atom is 0.407 e. The third kappa shape index (κ3) is 54.6. The maximum atomic E-state index is 11.9. The lowest BCUT2D eigenvalue weighted by atomic mass is 10.0. The molecule has 61 heavy (non-hydrogen) atoms. The molecule has 0 aliphatic heterocycles. The van der Waals surface area contributed by atoms with Crippen LogP contribution in [0.5, 0.6) is 0 Å². The number of hydrogen-bond acceptors (Lipinski definition) is 4. The van der Waals surface area contributed by atoms with Crippen LogP contribution >= 0.6 is 0 Å². The molecule has 6 nitrogen and oxygen atoms in total. The molecule has 0 heterocycles. The lowest BCUT2D eigenvalue weighted by molar-refractivity contribution is 0.142. The highest BCUT2D eigenvalue weighted by Crippen LogP contribution is 2.17. The number of ether oxygens (including phenoxy) is 2. The van der Waals surface area contributed by atoms with E-state index in [4.69, 9.17) is 9.47 Å². The maximum absolute atomic E-state index is 11.9. The number of rotatable bonds is 52. The SMILES string of the molecule is CCCCCCCCCCCCCCCCCCNC(=O)OCCCCCCCCCCCCCCCCCOC(=O)NCCCCCCCCCCCCCCCCCC. The molecular weight excluding hydrogens is 753 g/mol. The second kappa shape index (κ2) is 54.7. The molecule has 0 saturated heterocycles. The summed E-state index contributed by atoms with van der Waals surface area (Å²) in [7, 11) is 0. The van der Waals surface area contributed by atoms with Crippen LogP contribution in [0.4, 0.5) is 9.59 Å². The third-order valence-electron chi connectivity index (χ3n) is 12.9. The number of alkyl carbamates (subject to hydrolysis) is 2. The Kier molecular flexibility index (Phi) is 53.4. The second-order valence-corrected chi connectivity index (χ2v) is 19.0. The third-order valence-corrected chi connectivity index (χ3v) is 12.9. The summed E-state index contributed by atoms with van der Waals surface area (Å²) in [5.41, 5.74) is 0. The molecule has 2 amide bonds. The van der Waals surface area contributed by atoms with E-state index in [1.807, 2.05) is 0 Å². The Bertz CT molecular complexity index is 773. The highest BCUT2D eigenvalue weighted by Gasteiger charge is 2.03. The van der Waals surface area contributed by atoms with Gasteiger partial charge in [-0.2, -0.15) is 0 Å². The Labute approximate surface area is 382 Å². The van der Waals surface area contributed by atoms with Gasteiger partial charge in [-0.3, -0.25) is 0 Å². The van der Waals surface area contributed by atoms with Gasteiger partial charge in [0.1, 0.15) is 0 Å². The average molecular weight is 863 g/mol. The summed E-state index contributed by atoms with van der Waals surface area (Å²) in [5.74, 6) is 0. The first-order valence-electron chi connectivity index (χ1n) is 28.0. The molecule has 2 N–H and O–H groups in total. The molecule has 0 aliphatic carbocycles. The van der Waals surface area contributed by atoms with Crippen molar-refractivity contribution in [3.63, 3.8) is 0 Å². The average Bonchev–Trinajstić information content (AvgIpc) is 3.26. The van der Waals surface area contributed by atoms with Gasteiger partial charge in [0.2, 0.25) is 0 Å². The van der Waals surface area contributed by atoms with Crippen molar-refractivity contribution in [1.82, 2.24) is 10.6 Å². The van der Waals surface area contributed by atoms with Gasteiger partial charge in [-0.05, 0) is 25.7 Å². The molecular formula is C55H110N2O4. The van der Waals surface area contributed by atoms with E-state index >= 15 is 0 Å². The normalized spacial score (nSPS) is 11.3. The fourth-order valence-electron chi connectivity index (χ4n) is 8.66. The molecule has 0 aliphatic rings. The van der Waals surface area contributed by atoms with Gasteiger partial charge in [0, 0.05) is 13.1 Å². The smallest absolute Gasteiger partial charge is 0.407 e. The van der Waals surface area contributed by atoms with Crippen molar-refractivity contribution in [1.29, 1.82) is 0 Å². The van der Waals surface area contributed by atoms with Crippen molar-refractivity contribution in [2.45, 2.75) is 316 Å². The Morgan fingerprint density at radius 3 is 0.607 bits per heavy atom. The van der Waals surface area contributed by atoms with Crippen molar-refractivity contribution in [3.05, 3.63) is 0 Å². The van der Waals surface area contributed by atoms with E-state index in [2.05, 4.69) is 24.5 Å². The summed E-state index contributed by atoms with van der Waals surface area (Å²) in [5, 5.41) is 5.87. The van der Waals surface area contributed by atoms with E-state index in [0.29, 0.717) is 13.2 Å². The Balaban J connectivity index is 3.20. The van der Waals surface area contributed by atoms with E-state index in [1.165, 1.54) is 263 Å². The van der Waals surface area contributed by atoms with Crippen LogP contribution in [0, 0.1) is 0 Å². The molecule has 0 unspecified atom stereocenters. The van der Waals surface area contributed by atoms with Crippen LogP contribution in [0.1, 0.15) is 316 Å². The van der Waals surface area contributed by atoms with E-state index < -0.39 is 0 Å². The largest absolute Gasteiger partial charge is 0.450 e. The van der Waals surface area contributed by atoms with Gasteiger partial charge in [-0.15, -0.1) is 0 Å². The summed E-state index contributed by atoms with van der Waals surface area (Å²) < 4.78 is 10.8. The predicted molar refractivity (Wildman–Crippen MR) is 267 cm³/mol. The highest BCUT2D eigenvalue weighted by molar-refractivity contribution is 5.67. The van der Waals surface area contributed by atoms with Crippen LogP contribution in [0.25, 0.3) is 0 Å². The van der Waals surface area contributed by atoms with Crippen molar-refractivity contribution in [2.24, 2.45) is 0 Å².